The number of sulfone groups is 1. The molecule has 9 heteroatoms. The van der Waals surface area contributed by atoms with Gasteiger partial charge >= 0.3 is 0 Å². The van der Waals surface area contributed by atoms with Crippen molar-refractivity contribution < 1.29 is 13.2 Å². The molecular weight excluding hydrogens is 424 g/mol. The third kappa shape index (κ3) is 5.10. The normalized spacial score (nSPS) is 11.4. The van der Waals surface area contributed by atoms with E-state index in [0.29, 0.717) is 10.7 Å². The maximum atomic E-state index is 12.4. The van der Waals surface area contributed by atoms with Crippen LogP contribution in [-0.2, 0) is 9.84 Å². The van der Waals surface area contributed by atoms with Crippen LogP contribution in [0.15, 0.2) is 62.0 Å². The number of hydrogen-bond donors (Lipinski definition) is 1. The van der Waals surface area contributed by atoms with Crippen molar-refractivity contribution in [1.82, 2.24) is 4.98 Å². The Kier molecular flexibility index (Phi) is 5.90. The molecule has 1 amide bonds. The average molecular weight is 439 g/mol. The SMILES string of the molecule is Cc1csc(Sc2ccc(NC(=O)c3cccc(S(C)(=O)=O)c3)cc2Cl)n1. The lowest BCUT2D eigenvalue weighted by Crippen LogP contribution is -2.12. The van der Waals surface area contributed by atoms with Crippen LogP contribution in [0.1, 0.15) is 16.1 Å². The molecule has 2 aromatic carbocycles. The van der Waals surface area contributed by atoms with Crippen molar-refractivity contribution in [3.05, 3.63) is 64.1 Å². The second kappa shape index (κ2) is 8.02. The lowest BCUT2D eigenvalue weighted by Gasteiger charge is -2.09. The molecule has 0 bridgehead atoms. The van der Waals surface area contributed by atoms with Crippen molar-refractivity contribution in [2.75, 3.05) is 11.6 Å². The summed E-state index contributed by atoms with van der Waals surface area (Å²) in [6.45, 7) is 1.93. The molecule has 1 N–H and O–H groups in total. The van der Waals surface area contributed by atoms with Gasteiger partial charge in [0.2, 0.25) is 0 Å². The number of nitrogens with one attached hydrogen (secondary N) is 1. The second-order valence-corrected chi connectivity index (χ2v) is 10.3. The smallest absolute Gasteiger partial charge is 0.255 e. The second-order valence-electron chi connectivity index (χ2n) is 5.76. The van der Waals surface area contributed by atoms with Gasteiger partial charge in [-0.3, -0.25) is 4.79 Å². The molecule has 140 valence electrons. The molecule has 0 saturated carbocycles. The predicted molar refractivity (Wildman–Crippen MR) is 110 cm³/mol. The molecule has 0 radical (unpaired) electrons. The Hall–Kier alpha value is -1.87. The Labute approximate surface area is 170 Å². The summed E-state index contributed by atoms with van der Waals surface area (Å²) < 4.78 is 24.2. The first-order valence-corrected chi connectivity index (χ1v) is 11.7. The van der Waals surface area contributed by atoms with Gasteiger partial charge in [-0.25, -0.2) is 13.4 Å². The van der Waals surface area contributed by atoms with E-state index in [1.165, 1.54) is 30.0 Å². The van der Waals surface area contributed by atoms with Gasteiger partial charge in [0.25, 0.3) is 5.91 Å². The highest BCUT2D eigenvalue weighted by Gasteiger charge is 2.13. The van der Waals surface area contributed by atoms with Gasteiger partial charge in [0.15, 0.2) is 14.2 Å². The van der Waals surface area contributed by atoms with E-state index in [9.17, 15) is 13.2 Å². The number of aryl methyl sites for hydroxylation is 1. The highest BCUT2D eigenvalue weighted by Crippen LogP contribution is 2.36. The van der Waals surface area contributed by atoms with E-state index in [0.717, 1.165) is 21.2 Å². The van der Waals surface area contributed by atoms with Crippen molar-refractivity contribution in [1.29, 1.82) is 0 Å². The highest BCUT2D eigenvalue weighted by molar-refractivity contribution is 8.01. The minimum atomic E-state index is -3.38. The zero-order chi connectivity index (χ0) is 19.6. The summed E-state index contributed by atoms with van der Waals surface area (Å²) in [5, 5.41) is 5.20. The fourth-order valence-electron chi connectivity index (χ4n) is 2.21. The third-order valence-electron chi connectivity index (χ3n) is 3.51. The van der Waals surface area contributed by atoms with Crippen LogP contribution in [0, 0.1) is 6.92 Å². The van der Waals surface area contributed by atoms with E-state index in [-0.39, 0.29) is 10.5 Å². The van der Waals surface area contributed by atoms with E-state index in [1.54, 1.807) is 29.5 Å². The molecule has 0 spiro atoms. The fraction of sp³-hybridized carbons (Fsp3) is 0.111. The Morgan fingerprint density at radius 1 is 1.22 bits per heavy atom. The van der Waals surface area contributed by atoms with Gasteiger partial charge in [-0.1, -0.05) is 29.4 Å². The molecule has 5 nitrogen and oxygen atoms in total. The zero-order valence-corrected chi connectivity index (χ0v) is 17.6. The first-order valence-electron chi connectivity index (χ1n) is 7.73. The van der Waals surface area contributed by atoms with Crippen molar-refractivity contribution in [3.63, 3.8) is 0 Å². The topological polar surface area (TPSA) is 76.1 Å². The molecule has 1 heterocycles. The standard InChI is InChI=1S/C18H15ClN2O3S3/c1-11-10-25-18(20-11)26-16-7-6-13(9-15(16)19)21-17(22)12-4-3-5-14(8-12)27(2,23)24/h3-10H,1-2H3,(H,21,22). The van der Waals surface area contributed by atoms with Crippen molar-refractivity contribution in [3.8, 4) is 0 Å². The maximum Gasteiger partial charge on any atom is 0.255 e. The summed E-state index contributed by atoms with van der Waals surface area (Å²) in [6.07, 6.45) is 1.10. The van der Waals surface area contributed by atoms with Crippen LogP contribution in [-0.4, -0.2) is 25.6 Å². The molecular formula is C18H15ClN2O3S3. The highest BCUT2D eigenvalue weighted by atomic mass is 35.5. The van der Waals surface area contributed by atoms with Crippen molar-refractivity contribution in [2.24, 2.45) is 0 Å². The first kappa shape index (κ1) is 19.9. The Morgan fingerprint density at radius 2 is 2.00 bits per heavy atom. The average Bonchev–Trinajstić information content (AvgIpc) is 3.01. The Balaban J connectivity index is 1.76. The number of hydrogen-bond acceptors (Lipinski definition) is 6. The largest absolute Gasteiger partial charge is 0.322 e. The molecule has 0 saturated heterocycles. The number of carbonyl (C=O) groups excluding carboxylic acids is 1. The number of amides is 1. The molecule has 3 aromatic rings. The maximum absolute atomic E-state index is 12.4. The molecule has 0 aliphatic rings. The van der Waals surface area contributed by atoms with E-state index < -0.39 is 15.7 Å². The Bertz CT molecular complexity index is 1110. The number of benzene rings is 2. The summed E-state index contributed by atoms with van der Waals surface area (Å²) in [4.78, 5) is 17.7. The monoisotopic (exact) mass is 438 g/mol. The van der Waals surface area contributed by atoms with Crippen LogP contribution in [0.25, 0.3) is 0 Å². The van der Waals surface area contributed by atoms with Gasteiger partial charge in [0.1, 0.15) is 0 Å². The van der Waals surface area contributed by atoms with Gasteiger partial charge in [-0.15, -0.1) is 11.3 Å². The summed E-state index contributed by atoms with van der Waals surface area (Å²) >= 11 is 9.33. The van der Waals surface area contributed by atoms with Crippen molar-refractivity contribution >= 4 is 56.1 Å². The predicted octanol–water partition coefficient (Wildman–Crippen LogP) is 4.91. The van der Waals surface area contributed by atoms with E-state index in [1.807, 2.05) is 18.4 Å². The molecule has 0 aliphatic heterocycles. The number of rotatable bonds is 5. The molecule has 1 aromatic heterocycles. The molecule has 3 rings (SSSR count). The third-order valence-corrected chi connectivity index (χ3v) is 7.18. The van der Waals surface area contributed by atoms with Crippen LogP contribution in [0.2, 0.25) is 5.02 Å². The van der Waals surface area contributed by atoms with Crippen LogP contribution in [0.3, 0.4) is 0 Å². The molecule has 27 heavy (non-hydrogen) atoms. The minimum absolute atomic E-state index is 0.0960. The lowest BCUT2D eigenvalue weighted by atomic mass is 10.2. The number of anilines is 1. The van der Waals surface area contributed by atoms with E-state index in [4.69, 9.17) is 11.6 Å². The summed E-state index contributed by atoms with van der Waals surface area (Å²) in [5.41, 5.74) is 1.74. The van der Waals surface area contributed by atoms with Crippen LogP contribution >= 0.6 is 34.7 Å². The molecule has 0 fully saturated rings. The summed E-state index contributed by atoms with van der Waals surface area (Å²) in [7, 11) is -3.38. The number of carbonyl (C=O) groups is 1. The van der Waals surface area contributed by atoms with Gasteiger partial charge < -0.3 is 5.32 Å². The van der Waals surface area contributed by atoms with E-state index >= 15 is 0 Å². The quantitative estimate of drug-likeness (QED) is 0.612. The minimum Gasteiger partial charge on any atom is -0.322 e. The Morgan fingerprint density at radius 3 is 2.63 bits per heavy atom. The molecule has 0 atom stereocenters. The number of aromatic nitrogens is 1. The summed E-state index contributed by atoms with van der Waals surface area (Å²) in [5.74, 6) is -0.410. The van der Waals surface area contributed by atoms with Crippen molar-refractivity contribution in [2.45, 2.75) is 21.1 Å². The van der Waals surface area contributed by atoms with Crippen LogP contribution in [0.5, 0.6) is 0 Å². The summed E-state index contributed by atoms with van der Waals surface area (Å²) in [6, 6.07) is 11.1. The molecule has 0 unspecified atom stereocenters. The first-order chi connectivity index (χ1) is 12.7. The zero-order valence-electron chi connectivity index (χ0n) is 14.4. The molecule has 0 aliphatic carbocycles. The van der Waals surface area contributed by atoms with Crippen LogP contribution < -0.4 is 5.32 Å². The lowest BCUT2D eigenvalue weighted by molar-refractivity contribution is 0.102. The van der Waals surface area contributed by atoms with Gasteiger partial charge in [0.05, 0.1) is 9.92 Å². The number of halogens is 1. The van der Waals surface area contributed by atoms with Crippen LogP contribution in [0.4, 0.5) is 5.69 Å². The number of nitrogens with zero attached hydrogens (tertiary/aromatic N) is 1. The van der Waals surface area contributed by atoms with Gasteiger partial charge in [-0.05, 0) is 43.3 Å². The number of thiazole rings is 1. The van der Waals surface area contributed by atoms with Gasteiger partial charge in [-0.2, -0.15) is 0 Å². The van der Waals surface area contributed by atoms with Gasteiger partial charge in [0, 0.05) is 33.5 Å². The fourth-order valence-corrected chi connectivity index (χ4v) is 4.97. The van der Waals surface area contributed by atoms with E-state index in [2.05, 4.69) is 10.3 Å².